The van der Waals surface area contributed by atoms with Gasteiger partial charge in [0.15, 0.2) is 12.2 Å². The second-order valence-electron chi connectivity index (χ2n) is 25.9. The highest BCUT2D eigenvalue weighted by Crippen LogP contribution is 2.45. The number of carbonyl (C=O) groups is 4. The van der Waals surface area contributed by atoms with Crippen molar-refractivity contribution in [1.82, 2.24) is 0 Å². The Hall–Kier alpha value is -5.32. The molecular weight excluding hydrogens is 1350 g/mol. The van der Waals surface area contributed by atoms with E-state index in [2.05, 4.69) is 174 Å². The Morgan fingerprint density at radius 3 is 0.856 bits per heavy atom. The second kappa shape index (κ2) is 75.9. The molecule has 0 amide bonds. The van der Waals surface area contributed by atoms with Crippen LogP contribution in [0, 0.1) is 0 Å². The minimum atomic E-state index is -5.01. The van der Waals surface area contributed by atoms with Crippen molar-refractivity contribution in [2.24, 2.45) is 0 Å². The summed E-state index contributed by atoms with van der Waals surface area (Å²) in [6.07, 6.45) is 88.1. The van der Waals surface area contributed by atoms with Crippen molar-refractivity contribution in [2.75, 3.05) is 39.6 Å². The second-order valence-corrected chi connectivity index (χ2v) is 28.8. The van der Waals surface area contributed by atoms with Crippen LogP contribution in [0.3, 0.4) is 0 Å². The van der Waals surface area contributed by atoms with Crippen LogP contribution >= 0.6 is 15.6 Å². The molecule has 0 saturated carbocycles. The predicted molar refractivity (Wildman–Crippen MR) is 427 cm³/mol. The zero-order valence-electron chi connectivity index (χ0n) is 64.6. The number of unbranched alkanes of at least 4 members (excludes halogenated alkanes) is 21. The maximum absolute atomic E-state index is 13.1. The van der Waals surface area contributed by atoms with E-state index in [1.165, 1.54) is 44.9 Å². The van der Waals surface area contributed by atoms with Crippen LogP contribution in [0.1, 0.15) is 297 Å². The van der Waals surface area contributed by atoms with Crippen molar-refractivity contribution in [3.05, 3.63) is 158 Å². The van der Waals surface area contributed by atoms with Crippen LogP contribution < -0.4 is 0 Å². The van der Waals surface area contributed by atoms with Crippen molar-refractivity contribution in [2.45, 2.75) is 316 Å². The van der Waals surface area contributed by atoms with Gasteiger partial charge in [-0.1, -0.05) is 263 Å². The molecule has 104 heavy (non-hydrogen) atoms. The summed E-state index contributed by atoms with van der Waals surface area (Å²) in [5.41, 5.74) is 0. The summed E-state index contributed by atoms with van der Waals surface area (Å²) in [5, 5.41) is 10.6. The van der Waals surface area contributed by atoms with Gasteiger partial charge in [-0.25, -0.2) is 9.13 Å². The van der Waals surface area contributed by atoms with Gasteiger partial charge in [-0.2, -0.15) is 0 Å². The van der Waals surface area contributed by atoms with E-state index >= 15 is 0 Å². The monoisotopic (exact) mass is 1490 g/mol. The number of aliphatic hydroxyl groups is 1. The smallest absolute Gasteiger partial charge is 0.462 e. The van der Waals surface area contributed by atoms with Crippen LogP contribution in [0.4, 0.5) is 0 Å². The number of rotatable bonds is 73. The minimum absolute atomic E-state index is 0.00757. The fourth-order valence-corrected chi connectivity index (χ4v) is 11.5. The van der Waals surface area contributed by atoms with Crippen LogP contribution in [0.15, 0.2) is 158 Å². The van der Waals surface area contributed by atoms with Gasteiger partial charge in [0.05, 0.1) is 26.4 Å². The number of phosphoric ester groups is 2. The first-order valence-electron chi connectivity index (χ1n) is 39.7. The molecule has 0 rings (SSSR count). The van der Waals surface area contributed by atoms with E-state index in [0.717, 1.165) is 167 Å². The molecule has 19 heteroatoms. The molecule has 0 spiro atoms. The molecule has 0 radical (unpaired) electrons. The number of carbonyl (C=O) groups excluding carboxylic acids is 4. The number of hydrogen-bond acceptors (Lipinski definition) is 15. The van der Waals surface area contributed by atoms with Crippen LogP contribution in [-0.4, -0.2) is 96.7 Å². The maximum Gasteiger partial charge on any atom is 0.472 e. The topological polar surface area (TPSA) is 237 Å². The summed E-state index contributed by atoms with van der Waals surface area (Å²) in [6.45, 7) is 4.46. The van der Waals surface area contributed by atoms with Crippen molar-refractivity contribution in [1.29, 1.82) is 0 Å². The van der Waals surface area contributed by atoms with Gasteiger partial charge in [0.25, 0.3) is 0 Å². The van der Waals surface area contributed by atoms with Crippen molar-refractivity contribution in [3.8, 4) is 0 Å². The lowest BCUT2D eigenvalue weighted by molar-refractivity contribution is -0.161. The lowest BCUT2D eigenvalue weighted by Gasteiger charge is -2.21. The molecule has 5 atom stereocenters. The van der Waals surface area contributed by atoms with Crippen molar-refractivity contribution < 1.29 is 80.2 Å². The molecule has 0 aliphatic carbocycles. The summed E-state index contributed by atoms with van der Waals surface area (Å²) >= 11 is 0. The number of aliphatic hydroxyl groups excluding tert-OH is 1. The lowest BCUT2D eigenvalue weighted by atomic mass is 10.1. The van der Waals surface area contributed by atoms with E-state index < -0.39 is 97.5 Å². The first kappa shape index (κ1) is 98.7. The summed E-state index contributed by atoms with van der Waals surface area (Å²) in [5.74, 6) is -2.32. The first-order chi connectivity index (χ1) is 50.7. The fraction of sp³-hybridized carbons (Fsp3) is 0.647. The van der Waals surface area contributed by atoms with E-state index in [4.69, 9.17) is 37.0 Å². The molecule has 0 bridgehead atoms. The lowest BCUT2D eigenvalue weighted by Crippen LogP contribution is -2.30. The average molecular weight is 1500 g/mol. The van der Waals surface area contributed by atoms with Gasteiger partial charge in [-0.05, 0) is 167 Å². The third-order valence-corrected chi connectivity index (χ3v) is 17.9. The fourth-order valence-electron chi connectivity index (χ4n) is 9.95. The average Bonchev–Trinajstić information content (AvgIpc) is 0.917. The Balaban J connectivity index is 5.47. The standard InChI is InChI=1S/C85H140O17P2/c1-5-9-13-17-21-25-29-33-36-38-39-41-43-47-50-54-58-62-66-70-83(88)96-76-81(102-85(90)72-68-64-60-56-52-48-44-40-37-34-30-26-22-18-14-10-6-2)78-100-104(93,94)98-74-79(86)73-97-103(91,92)99-77-80(101-84(89)71-67-63-59-55-51-45-32-28-24-20-16-12-8-4)75-95-82(87)69-65-61-57-53-49-46-42-35-31-27-23-19-15-11-7-3/h10-11,14-15,21-23,25-28,32-37,39,41-42,44,48-49,53,56,60,79-81,86H,5-9,12-13,16-20,24,29-31,38,40,43,45-47,50-52,54-55,57-59,61-78H2,1-4H3,(H,91,92)(H,93,94)/b14-10-,15-11-,25-21-,26-22-,27-23-,32-28-,36-33-,37-34-,41-39-,42-35-,48-44-,53-49-,60-56-. The first-order valence-corrected chi connectivity index (χ1v) is 42.7. The zero-order valence-corrected chi connectivity index (χ0v) is 66.4. The molecule has 0 aliphatic heterocycles. The molecule has 0 fully saturated rings. The number of esters is 4. The Morgan fingerprint density at radius 2 is 0.510 bits per heavy atom. The molecule has 17 nitrogen and oxygen atoms in total. The molecule has 5 unspecified atom stereocenters. The van der Waals surface area contributed by atoms with Crippen LogP contribution in [0.5, 0.6) is 0 Å². The Bertz CT molecular complexity index is 2590. The maximum atomic E-state index is 13.1. The van der Waals surface area contributed by atoms with E-state index in [1.807, 2.05) is 12.2 Å². The van der Waals surface area contributed by atoms with Crippen molar-refractivity contribution in [3.63, 3.8) is 0 Å². The highest BCUT2D eigenvalue weighted by molar-refractivity contribution is 7.47. The molecule has 3 N–H and O–H groups in total. The third-order valence-electron chi connectivity index (χ3n) is 16.0. The van der Waals surface area contributed by atoms with Crippen LogP contribution in [-0.2, 0) is 65.4 Å². The number of phosphoric acid groups is 2. The van der Waals surface area contributed by atoms with Crippen LogP contribution in [0.2, 0.25) is 0 Å². The van der Waals surface area contributed by atoms with Gasteiger partial charge in [0, 0.05) is 25.7 Å². The van der Waals surface area contributed by atoms with E-state index in [9.17, 15) is 43.2 Å². The summed E-state index contributed by atoms with van der Waals surface area (Å²) in [4.78, 5) is 73.0. The highest BCUT2D eigenvalue weighted by atomic mass is 31.2. The Kier molecular flexibility index (Phi) is 72.0. The molecule has 0 aliphatic rings. The predicted octanol–water partition coefficient (Wildman–Crippen LogP) is 23.2. The molecule has 0 aromatic rings. The molecule has 0 aromatic carbocycles. The van der Waals surface area contributed by atoms with Gasteiger partial charge in [0.1, 0.15) is 19.3 Å². The van der Waals surface area contributed by atoms with Gasteiger partial charge < -0.3 is 33.8 Å². The van der Waals surface area contributed by atoms with Crippen LogP contribution in [0.25, 0.3) is 0 Å². The largest absolute Gasteiger partial charge is 0.472 e. The van der Waals surface area contributed by atoms with Gasteiger partial charge in [-0.15, -0.1) is 0 Å². The number of hydrogen-bond donors (Lipinski definition) is 3. The third kappa shape index (κ3) is 74.9. The minimum Gasteiger partial charge on any atom is -0.462 e. The summed E-state index contributed by atoms with van der Waals surface area (Å²) < 4.78 is 68.5. The Labute approximate surface area is 629 Å². The highest BCUT2D eigenvalue weighted by Gasteiger charge is 2.30. The molecule has 0 heterocycles. The van der Waals surface area contributed by atoms with Crippen molar-refractivity contribution >= 4 is 39.5 Å². The van der Waals surface area contributed by atoms with Gasteiger partial charge in [0.2, 0.25) is 0 Å². The SMILES string of the molecule is CC/C=C\C/C=C\C/C=C\C/C=C\C/C=C\CCCC(=O)OC(COC(=O)CCCCCCCC/C=C\C/C=C\C/C=C\CCCCC)COP(=O)(O)OCC(O)COP(=O)(O)OCC(COC(=O)CCCC/C=C\C/C=C\C/C=C\C/C=C\CC)OC(=O)CCCCCCC/C=C\CCCCCC. The number of ether oxygens (including phenoxy) is 4. The Morgan fingerprint density at radius 1 is 0.279 bits per heavy atom. The van der Waals surface area contributed by atoms with E-state index in [1.54, 1.807) is 0 Å². The van der Waals surface area contributed by atoms with Gasteiger partial charge >= 0.3 is 39.5 Å². The van der Waals surface area contributed by atoms with E-state index in [0.29, 0.717) is 32.1 Å². The summed E-state index contributed by atoms with van der Waals surface area (Å²) in [7, 11) is -10.0. The molecule has 592 valence electrons. The normalized spacial score (nSPS) is 14.7. The number of allylic oxidation sites excluding steroid dienone is 26. The quantitative estimate of drug-likeness (QED) is 0.0169. The summed E-state index contributed by atoms with van der Waals surface area (Å²) in [6, 6.07) is 0. The zero-order chi connectivity index (χ0) is 76.0. The molecule has 0 aromatic heterocycles. The molecular formula is C85H140O17P2. The van der Waals surface area contributed by atoms with Gasteiger partial charge in [-0.3, -0.25) is 37.3 Å². The van der Waals surface area contributed by atoms with E-state index in [-0.39, 0.29) is 25.7 Å². The molecule has 0 saturated heterocycles.